The number of amides is 1. The molecule has 0 saturated carbocycles. The number of ether oxygens (including phenoxy) is 2. The third kappa shape index (κ3) is 5.35. The first kappa shape index (κ1) is 19.0. The van der Waals surface area contributed by atoms with E-state index in [1.165, 1.54) is 11.8 Å². The molecule has 0 radical (unpaired) electrons. The minimum Gasteiger partial charge on any atom is -0.493 e. The van der Waals surface area contributed by atoms with Gasteiger partial charge in [0.05, 0.1) is 31.8 Å². The van der Waals surface area contributed by atoms with E-state index in [2.05, 4.69) is 20.8 Å². The van der Waals surface area contributed by atoms with Crippen molar-refractivity contribution in [2.75, 3.05) is 20.0 Å². The SMILES string of the molecule is COc1ccc(CNC(=O)CSCc2nnnn2C(C)C)cc1OC. The molecule has 8 nitrogen and oxygen atoms in total. The van der Waals surface area contributed by atoms with Crippen molar-refractivity contribution < 1.29 is 14.3 Å². The summed E-state index contributed by atoms with van der Waals surface area (Å²) >= 11 is 1.48. The molecule has 136 valence electrons. The van der Waals surface area contributed by atoms with Crippen LogP contribution in [0.5, 0.6) is 11.5 Å². The lowest BCUT2D eigenvalue weighted by Gasteiger charge is -2.10. The Bertz CT molecular complexity index is 705. The Balaban J connectivity index is 1.78. The second-order valence-electron chi connectivity index (χ2n) is 5.59. The normalized spacial score (nSPS) is 10.8. The molecule has 1 aromatic heterocycles. The number of nitrogens with zero attached hydrogens (tertiary/aromatic N) is 4. The third-order valence-corrected chi connectivity index (χ3v) is 4.38. The number of benzene rings is 1. The van der Waals surface area contributed by atoms with Gasteiger partial charge < -0.3 is 14.8 Å². The molecule has 25 heavy (non-hydrogen) atoms. The summed E-state index contributed by atoms with van der Waals surface area (Å²) in [5.74, 6) is 2.98. The summed E-state index contributed by atoms with van der Waals surface area (Å²) in [5, 5.41) is 14.5. The van der Waals surface area contributed by atoms with Gasteiger partial charge in [0.2, 0.25) is 5.91 Å². The van der Waals surface area contributed by atoms with Gasteiger partial charge in [-0.3, -0.25) is 4.79 Å². The Labute approximate surface area is 151 Å². The van der Waals surface area contributed by atoms with Crippen molar-refractivity contribution in [3.8, 4) is 11.5 Å². The summed E-state index contributed by atoms with van der Waals surface area (Å²) in [6.07, 6.45) is 0. The monoisotopic (exact) mass is 365 g/mol. The molecule has 0 aliphatic carbocycles. The van der Waals surface area contributed by atoms with Crippen LogP contribution in [0.25, 0.3) is 0 Å². The van der Waals surface area contributed by atoms with Crippen molar-refractivity contribution in [2.45, 2.75) is 32.2 Å². The van der Waals surface area contributed by atoms with Crippen LogP contribution in [-0.4, -0.2) is 46.1 Å². The second kappa shape index (κ2) is 9.26. The van der Waals surface area contributed by atoms with Gasteiger partial charge in [-0.15, -0.1) is 16.9 Å². The van der Waals surface area contributed by atoms with Crippen LogP contribution in [0.2, 0.25) is 0 Å². The van der Waals surface area contributed by atoms with E-state index in [0.717, 1.165) is 11.4 Å². The molecular weight excluding hydrogens is 342 g/mol. The van der Waals surface area contributed by atoms with Gasteiger partial charge in [0.15, 0.2) is 17.3 Å². The molecule has 1 heterocycles. The van der Waals surface area contributed by atoms with Crippen molar-refractivity contribution in [2.24, 2.45) is 0 Å². The number of nitrogens with one attached hydrogen (secondary N) is 1. The molecular formula is C16H23N5O3S. The number of tetrazole rings is 1. The fourth-order valence-corrected chi connectivity index (χ4v) is 2.95. The smallest absolute Gasteiger partial charge is 0.230 e. The molecule has 9 heteroatoms. The fourth-order valence-electron chi connectivity index (χ4n) is 2.19. The maximum absolute atomic E-state index is 12.0. The lowest BCUT2D eigenvalue weighted by atomic mass is 10.2. The quantitative estimate of drug-likeness (QED) is 0.725. The zero-order valence-electron chi connectivity index (χ0n) is 14.9. The van der Waals surface area contributed by atoms with Gasteiger partial charge >= 0.3 is 0 Å². The van der Waals surface area contributed by atoms with E-state index in [1.54, 1.807) is 18.9 Å². The number of carbonyl (C=O) groups is 1. The minimum atomic E-state index is -0.0386. The highest BCUT2D eigenvalue weighted by Crippen LogP contribution is 2.27. The molecule has 2 rings (SSSR count). The number of rotatable bonds is 9. The molecule has 1 N–H and O–H groups in total. The van der Waals surface area contributed by atoms with Crippen LogP contribution >= 0.6 is 11.8 Å². The van der Waals surface area contributed by atoms with Crippen LogP contribution in [-0.2, 0) is 17.1 Å². The molecule has 0 aliphatic rings. The van der Waals surface area contributed by atoms with Gasteiger partial charge in [0, 0.05) is 6.54 Å². The predicted molar refractivity (Wildman–Crippen MR) is 95.8 cm³/mol. The standard InChI is InChI=1S/C16H23N5O3S/c1-11(2)21-15(18-19-20-21)9-25-10-16(22)17-8-12-5-6-13(23-3)14(7-12)24-4/h5-7,11H,8-10H2,1-4H3,(H,17,22). The lowest BCUT2D eigenvalue weighted by molar-refractivity contribution is -0.118. The Hall–Kier alpha value is -2.29. The van der Waals surface area contributed by atoms with Crippen LogP contribution in [0.4, 0.5) is 0 Å². The Morgan fingerprint density at radius 3 is 2.72 bits per heavy atom. The molecule has 0 fully saturated rings. The van der Waals surface area contributed by atoms with Gasteiger partial charge in [-0.1, -0.05) is 6.07 Å². The maximum Gasteiger partial charge on any atom is 0.230 e. The van der Waals surface area contributed by atoms with Crippen molar-refractivity contribution >= 4 is 17.7 Å². The molecule has 0 unspecified atom stereocenters. The maximum atomic E-state index is 12.0. The summed E-state index contributed by atoms with van der Waals surface area (Å²) in [7, 11) is 3.17. The van der Waals surface area contributed by atoms with Crippen molar-refractivity contribution in [1.82, 2.24) is 25.5 Å². The van der Waals surface area contributed by atoms with E-state index in [9.17, 15) is 4.79 Å². The summed E-state index contributed by atoms with van der Waals surface area (Å²) in [6.45, 7) is 4.46. The molecule has 0 spiro atoms. The summed E-state index contributed by atoms with van der Waals surface area (Å²) in [6, 6.07) is 5.76. The zero-order chi connectivity index (χ0) is 18.2. The molecule has 0 bridgehead atoms. The van der Waals surface area contributed by atoms with Crippen LogP contribution < -0.4 is 14.8 Å². The zero-order valence-corrected chi connectivity index (χ0v) is 15.7. The van der Waals surface area contributed by atoms with Gasteiger partial charge in [-0.25, -0.2) is 4.68 Å². The van der Waals surface area contributed by atoms with E-state index >= 15 is 0 Å². The predicted octanol–water partition coefficient (Wildman–Crippen LogP) is 1.82. The van der Waals surface area contributed by atoms with Gasteiger partial charge in [0.1, 0.15) is 0 Å². The van der Waals surface area contributed by atoms with Gasteiger partial charge in [-0.2, -0.15) is 0 Å². The number of hydrogen-bond donors (Lipinski definition) is 1. The molecule has 0 saturated heterocycles. The Morgan fingerprint density at radius 1 is 1.28 bits per heavy atom. The van der Waals surface area contributed by atoms with E-state index in [4.69, 9.17) is 9.47 Å². The third-order valence-electron chi connectivity index (χ3n) is 3.45. The number of methoxy groups -OCH3 is 2. The average molecular weight is 365 g/mol. The number of thioether (sulfide) groups is 1. The highest BCUT2D eigenvalue weighted by molar-refractivity contribution is 7.99. The van der Waals surface area contributed by atoms with Crippen LogP contribution in [0.3, 0.4) is 0 Å². The topological polar surface area (TPSA) is 91.2 Å². The Kier molecular flexibility index (Phi) is 7.05. The number of hydrogen-bond acceptors (Lipinski definition) is 7. The molecule has 0 aliphatic heterocycles. The minimum absolute atomic E-state index is 0.0386. The molecule has 2 aromatic rings. The Morgan fingerprint density at radius 2 is 2.04 bits per heavy atom. The first-order valence-corrected chi connectivity index (χ1v) is 9.02. The van der Waals surface area contributed by atoms with Crippen molar-refractivity contribution in [3.63, 3.8) is 0 Å². The average Bonchev–Trinajstić information content (AvgIpc) is 3.08. The van der Waals surface area contributed by atoms with E-state index < -0.39 is 0 Å². The summed E-state index contributed by atoms with van der Waals surface area (Å²) in [5.41, 5.74) is 0.944. The summed E-state index contributed by atoms with van der Waals surface area (Å²) in [4.78, 5) is 12.0. The number of aromatic nitrogens is 4. The van der Waals surface area contributed by atoms with Gasteiger partial charge in [-0.05, 0) is 42.0 Å². The molecule has 1 aromatic carbocycles. The highest BCUT2D eigenvalue weighted by atomic mass is 32.2. The van der Waals surface area contributed by atoms with Gasteiger partial charge in [0.25, 0.3) is 0 Å². The molecule has 0 atom stereocenters. The van der Waals surface area contributed by atoms with E-state index in [1.807, 2.05) is 32.0 Å². The fraction of sp³-hybridized carbons (Fsp3) is 0.500. The molecule has 1 amide bonds. The highest BCUT2D eigenvalue weighted by Gasteiger charge is 2.11. The lowest BCUT2D eigenvalue weighted by Crippen LogP contribution is -2.24. The second-order valence-corrected chi connectivity index (χ2v) is 6.58. The van der Waals surface area contributed by atoms with Crippen LogP contribution in [0, 0.1) is 0 Å². The van der Waals surface area contributed by atoms with E-state index in [-0.39, 0.29) is 11.9 Å². The van der Waals surface area contributed by atoms with E-state index in [0.29, 0.717) is 29.5 Å². The van der Waals surface area contributed by atoms with Crippen molar-refractivity contribution in [3.05, 3.63) is 29.6 Å². The van der Waals surface area contributed by atoms with Crippen LogP contribution in [0.15, 0.2) is 18.2 Å². The first-order valence-electron chi connectivity index (χ1n) is 7.87. The van der Waals surface area contributed by atoms with Crippen LogP contribution in [0.1, 0.15) is 31.3 Å². The largest absolute Gasteiger partial charge is 0.493 e. The first-order chi connectivity index (χ1) is 12.0. The number of carbonyl (C=O) groups excluding carboxylic acids is 1. The van der Waals surface area contributed by atoms with Crippen molar-refractivity contribution in [1.29, 1.82) is 0 Å². The summed E-state index contributed by atoms with van der Waals surface area (Å²) < 4.78 is 12.2.